The average Bonchev–Trinajstić information content (AvgIpc) is 2.75. The largest absolute Gasteiger partial charge is 0.322 e. The zero-order valence-corrected chi connectivity index (χ0v) is 19.8. The minimum Gasteiger partial charge on any atom is -0.322 e. The van der Waals surface area contributed by atoms with Gasteiger partial charge < -0.3 is 10.6 Å². The van der Waals surface area contributed by atoms with Crippen LogP contribution in [0.3, 0.4) is 0 Å². The first kappa shape index (κ1) is 23.1. The summed E-state index contributed by atoms with van der Waals surface area (Å²) >= 11 is 12.2. The number of carbonyl (C=O) groups excluding carboxylic acids is 2. The van der Waals surface area contributed by atoms with Gasteiger partial charge >= 0.3 is 0 Å². The zero-order valence-electron chi connectivity index (χ0n) is 17.4. The summed E-state index contributed by atoms with van der Waals surface area (Å²) in [6, 6.07) is 16.1. The van der Waals surface area contributed by atoms with Gasteiger partial charge in [0.1, 0.15) is 0 Å². The number of carbonyl (C=O) groups is 2. The summed E-state index contributed by atoms with van der Waals surface area (Å²) in [6.45, 7) is 2.17. The monoisotopic (exact) mass is 503 g/mol. The van der Waals surface area contributed by atoms with E-state index in [0.29, 0.717) is 50.3 Å². The van der Waals surface area contributed by atoms with Crippen LogP contribution in [0.15, 0.2) is 60.7 Å². The van der Waals surface area contributed by atoms with Gasteiger partial charge in [0.15, 0.2) is 0 Å². The van der Waals surface area contributed by atoms with Gasteiger partial charge in [-0.15, -0.1) is 0 Å². The van der Waals surface area contributed by atoms with E-state index >= 15 is 0 Å². The van der Waals surface area contributed by atoms with Crippen LogP contribution in [0.5, 0.6) is 0 Å². The van der Waals surface area contributed by atoms with Crippen LogP contribution in [0.25, 0.3) is 0 Å². The molecular weight excluding hydrogens is 485 g/mol. The van der Waals surface area contributed by atoms with Crippen molar-refractivity contribution in [2.24, 2.45) is 0 Å². The average molecular weight is 504 g/mol. The number of rotatable bonds is 5. The minimum atomic E-state index is -3.24. The number of sulfonamides is 1. The van der Waals surface area contributed by atoms with Gasteiger partial charge in [-0.2, -0.15) is 0 Å². The Kier molecular flexibility index (Phi) is 6.34. The van der Waals surface area contributed by atoms with E-state index in [1.807, 2.05) is 0 Å². The van der Waals surface area contributed by atoms with E-state index in [0.717, 1.165) is 0 Å². The Labute approximate surface area is 201 Å². The second kappa shape index (κ2) is 9.05. The summed E-state index contributed by atoms with van der Waals surface area (Å²) in [7, 11) is -3.24. The Morgan fingerprint density at radius 2 is 1.73 bits per heavy atom. The highest BCUT2D eigenvalue weighted by molar-refractivity contribution is 7.94. The number of amides is 2. The van der Waals surface area contributed by atoms with E-state index in [1.54, 1.807) is 61.5 Å². The van der Waals surface area contributed by atoms with Gasteiger partial charge in [-0.25, -0.2) is 8.42 Å². The fourth-order valence-electron chi connectivity index (χ4n) is 3.40. The Bertz CT molecular complexity index is 1380. The van der Waals surface area contributed by atoms with Crippen LogP contribution < -0.4 is 14.9 Å². The van der Waals surface area contributed by atoms with Crippen molar-refractivity contribution in [3.63, 3.8) is 0 Å². The first-order chi connectivity index (χ1) is 15.6. The molecule has 0 unspecified atom stereocenters. The molecule has 4 rings (SSSR count). The predicted molar refractivity (Wildman–Crippen MR) is 131 cm³/mol. The number of nitrogens with zero attached hydrogens (tertiary/aromatic N) is 1. The Morgan fingerprint density at radius 3 is 2.36 bits per heavy atom. The van der Waals surface area contributed by atoms with Crippen molar-refractivity contribution >= 4 is 62.1 Å². The molecule has 3 aromatic rings. The minimum absolute atomic E-state index is 0.126. The number of hydrogen-bond acceptors (Lipinski definition) is 4. The normalized spacial score (nSPS) is 14.3. The van der Waals surface area contributed by atoms with Crippen LogP contribution in [-0.2, 0) is 10.0 Å². The van der Waals surface area contributed by atoms with Gasteiger partial charge in [0, 0.05) is 28.4 Å². The molecule has 1 aliphatic rings. The molecule has 3 aromatic carbocycles. The lowest BCUT2D eigenvalue weighted by atomic mass is 10.1. The first-order valence-electron chi connectivity index (χ1n) is 9.93. The molecule has 0 radical (unpaired) electrons. The molecule has 0 aliphatic carbocycles. The molecular formula is C23H19Cl2N3O4S. The van der Waals surface area contributed by atoms with Gasteiger partial charge in [0.05, 0.1) is 22.2 Å². The number of nitrogens with one attached hydrogen (secondary N) is 2. The fourth-order valence-corrected chi connectivity index (χ4v) is 4.85. The Hall–Kier alpha value is -3.07. The molecule has 0 atom stereocenters. The van der Waals surface area contributed by atoms with E-state index < -0.39 is 15.9 Å². The SMILES string of the molecule is Cc1cc(N2CCS2(=O)=O)ccc1C(=O)Nc1ccc(Cl)c(NC(=O)c2cccc(Cl)c2)c1. The molecule has 0 aromatic heterocycles. The number of benzene rings is 3. The molecule has 0 saturated carbocycles. The van der Waals surface area contributed by atoms with Crippen molar-refractivity contribution < 1.29 is 18.0 Å². The Morgan fingerprint density at radius 1 is 0.939 bits per heavy atom. The lowest BCUT2D eigenvalue weighted by Crippen LogP contribution is -2.47. The van der Waals surface area contributed by atoms with Gasteiger partial charge in [-0.3, -0.25) is 13.9 Å². The van der Waals surface area contributed by atoms with Gasteiger partial charge in [-0.1, -0.05) is 29.3 Å². The number of aryl methyl sites for hydroxylation is 1. The number of hydrogen-bond donors (Lipinski definition) is 2. The second-order valence-corrected chi connectivity index (χ2v) is 10.4. The highest BCUT2D eigenvalue weighted by Gasteiger charge is 2.32. The lowest BCUT2D eigenvalue weighted by molar-refractivity contribution is 0.101. The standard InChI is InChI=1S/C23H19Cl2N3O4S/c1-14-11-18(28-9-10-33(28,31)32)6-7-19(14)23(30)26-17-5-8-20(25)21(13-17)27-22(29)15-3-2-4-16(24)12-15/h2-8,11-13H,9-10H2,1H3,(H,26,30)(H,27,29). The molecule has 2 amide bonds. The summed E-state index contributed by atoms with van der Waals surface area (Å²) < 4.78 is 25.0. The van der Waals surface area contributed by atoms with E-state index in [1.165, 1.54) is 10.4 Å². The van der Waals surface area contributed by atoms with Gasteiger partial charge in [0.2, 0.25) is 10.0 Å². The van der Waals surface area contributed by atoms with Gasteiger partial charge in [-0.05, 0) is 67.1 Å². The molecule has 170 valence electrons. The third-order valence-electron chi connectivity index (χ3n) is 5.19. The molecule has 7 nitrogen and oxygen atoms in total. The van der Waals surface area contributed by atoms with Crippen molar-refractivity contribution in [3.8, 4) is 0 Å². The summed E-state index contributed by atoms with van der Waals surface area (Å²) in [4.78, 5) is 25.3. The maximum absolute atomic E-state index is 12.8. The maximum Gasteiger partial charge on any atom is 0.255 e. The third-order valence-corrected chi connectivity index (χ3v) is 7.52. The molecule has 1 heterocycles. The first-order valence-corrected chi connectivity index (χ1v) is 12.3. The zero-order chi connectivity index (χ0) is 23.8. The molecule has 33 heavy (non-hydrogen) atoms. The second-order valence-electron chi connectivity index (χ2n) is 7.50. The van der Waals surface area contributed by atoms with Crippen LogP contribution in [0.4, 0.5) is 17.1 Å². The summed E-state index contributed by atoms with van der Waals surface area (Å²) in [5.41, 5.74) is 2.70. The van der Waals surface area contributed by atoms with Crippen LogP contribution >= 0.6 is 23.2 Å². The maximum atomic E-state index is 12.8. The number of anilines is 3. The summed E-state index contributed by atoms with van der Waals surface area (Å²) in [5.74, 6) is -0.642. The highest BCUT2D eigenvalue weighted by atomic mass is 35.5. The van der Waals surface area contributed by atoms with Crippen molar-refractivity contribution in [2.45, 2.75) is 6.92 Å². The van der Waals surface area contributed by atoms with Crippen LogP contribution in [0.1, 0.15) is 26.3 Å². The van der Waals surface area contributed by atoms with Crippen molar-refractivity contribution in [2.75, 3.05) is 27.2 Å². The van der Waals surface area contributed by atoms with E-state index in [9.17, 15) is 18.0 Å². The van der Waals surface area contributed by atoms with Crippen LogP contribution in [-0.4, -0.2) is 32.5 Å². The quantitative estimate of drug-likeness (QED) is 0.514. The van der Waals surface area contributed by atoms with Crippen molar-refractivity contribution in [3.05, 3.63) is 87.4 Å². The summed E-state index contributed by atoms with van der Waals surface area (Å²) in [6.07, 6.45) is 0. The number of halogens is 2. The smallest absolute Gasteiger partial charge is 0.255 e. The summed E-state index contributed by atoms with van der Waals surface area (Å²) in [5, 5.41) is 6.23. The van der Waals surface area contributed by atoms with E-state index in [2.05, 4.69) is 10.6 Å². The molecule has 10 heteroatoms. The molecule has 1 aliphatic heterocycles. The lowest BCUT2D eigenvalue weighted by Gasteiger charge is -2.32. The van der Waals surface area contributed by atoms with Crippen LogP contribution in [0.2, 0.25) is 10.0 Å². The van der Waals surface area contributed by atoms with Crippen molar-refractivity contribution in [1.29, 1.82) is 0 Å². The highest BCUT2D eigenvalue weighted by Crippen LogP contribution is 2.29. The van der Waals surface area contributed by atoms with E-state index in [4.69, 9.17) is 23.2 Å². The van der Waals surface area contributed by atoms with Crippen molar-refractivity contribution in [1.82, 2.24) is 0 Å². The molecule has 2 N–H and O–H groups in total. The molecule has 0 bridgehead atoms. The van der Waals surface area contributed by atoms with Gasteiger partial charge in [0.25, 0.3) is 11.8 Å². The van der Waals surface area contributed by atoms with E-state index in [-0.39, 0.29) is 11.7 Å². The van der Waals surface area contributed by atoms with Crippen LogP contribution in [0, 0.1) is 6.92 Å². The Balaban J connectivity index is 1.50. The fraction of sp³-hybridized carbons (Fsp3) is 0.130. The molecule has 1 fully saturated rings. The predicted octanol–water partition coefficient (Wildman–Crippen LogP) is 4.96. The molecule has 1 saturated heterocycles. The topological polar surface area (TPSA) is 95.6 Å². The third kappa shape index (κ3) is 4.98. The molecule has 0 spiro atoms.